The minimum absolute atomic E-state index is 0.207. The second kappa shape index (κ2) is 2.93. The molecule has 0 aliphatic rings. The zero-order chi connectivity index (χ0) is 9.30. The van der Waals surface area contributed by atoms with Crippen LogP contribution in [0.3, 0.4) is 0 Å². The number of hydrogen-bond donors (Lipinski definition) is 0. The minimum atomic E-state index is -0.345. The van der Waals surface area contributed by atoms with Crippen molar-refractivity contribution in [3.63, 3.8) is 0 Å². The monoisotopic (exact) mass is 165 g/mol. The van der Waals surface area contributed by atoms with Crippen LogP contribution in [0.25, 0.3) is 0 Å². The molecule has 0 radical (unpaired) electrons. The summed E-state index contributed by atoms with van der Waals surface area (Å²) in [5, 5.41) is 10.5. The first-order valence-electron chi connectivity index (χ1n) is 3.75. The van der Waals surface area contributed by atoms with Crippen LogP contribution in [0.2, 0.25) is 0 Å². The number of benzene rings is 1. The molecule has 64 valence electrons. The number of nitro groups is 1. The Morgan fingerprint density at radius 3 is 2.25 bits per heavy atom. The number of rotatable bonds is 1. The fourth-order valence-corrected chi connectivity index (χ4v) is 1.14. The molecular weight excluding hydrogens is 154 g/mol. The van der Waals surface area contributed by atoms with Gasteiger partial charge in [-0.15, -0.1) is 0 Å². The second-order valence-electron chi connectivity index (χ2n) is 2.91. The molecule has 12 heavy (non-hydrogen) atoms. The number of nitro benzene ring substituents is 1. The van der Waals surface area contributed by atoms with E-state index in [0.717, 1.165) is 16.7 Å². The number of nitrogens with zero attached hydrogens (tertiary/aromatic N) is 1. The van der Waals surface area contributed by atoms with Crippen molar-refractivity contribution in [3.8, 4) is 0 Å². The molecule has 0 aliphatic heterocycles. The molecule has 1 aromatic carbocycles. The maximum Gasteiger partial charge on any atom is 0.272 e. The van der Waals surface area contributed by atoms with E-state index in [1.54, 1.807) is 19.1 Å². The summed E-state index contributed by atoms with van der Waals surface area (Å²) >= 11 is 0. The van der Waals surface area contributed by atoms with Gasteiger partial charge >= 0.3 is 0 Å². The van der Waals surface area contributed by atoms with Gasteiger partial charge in [-0.25, -0.2) is 0 Å². The highest BCUT2D eigenvalue weighted by molar-refractivity contribution is 5.47. The maximum absolute atomic E-state index is 10.5. The molecule has 0 unspecified atom stereocenters. The molecule has 0 spiro atoms. The summed E-state index contributed by atoms with van der Waals surface area (Å²) in [6.45, 7) is 5.63. The van der Waals surface area contributed by atoms with Crippen molar-refractivity contribution in [1.29, 1.82) is 0 Å². The molecular formula is C9H11NO2. The molecule has 0 N–H and O–H groups in total. The molecule has 1 aromatic rings. The second-order valence-corrected chi connectivity index (χ2v) is 2.91. The van der Waals surface area contributed by atoms with Crippen molar-refractivity contribution in [1.82, 2.24) is 0 Å². The lowest BCUT2D eigenvalue weighted by Crippen LogP contribution is -1.95. The fourth-order valence-electron chi connectivity index (χ4n) is 1.14. The zero-order valence-corrected chi connectivity index (χ0v) is 7.42. The largest absolute Gasteiger partial charge is 0.272 e. The summed E-state index contributed by atoms with van der Waals surface area (Å²) in [6, 6.07) is 3.33. The van der Waals surface area contributed by atoms with Crippen molar-refractivity contribution < 1.29 is 4.92 Å². The van der Waals surface area contributed by atoms with Gasteiger partial charge in [-0.3, -0.25) is 10.1 Å². The summed E-state index contributed by atoms with van der Waals surface area (Å²) in [7, 11) is 0. The lowest BCUT2D eigenvalue weighted by molar-refractivity contribution is -0.385. The molecule has 0 aromatic heterocycles. The van der Waals surface area contributed by atoms with Crippen LogP contribution in [-0.2, 0) is 0 Å². The molecule has 0 saturated carbocycles. The highest BCUT2D eigenvalue weighted by Crippen LogP contribution is 2.22. The lowest BCUT2D eigenvalue weighted by atomic mass is 10.0. The van der Waals surface area contributed by atoms with Gasteiger partial charge in [-0.05, 0) is 31.9 Å². The van der Waals surface area contributed by atoms with Crippen LogP contribution in [-0.4, -0.2) is 4.92 Å². The smallest absolute Gasteiger partial charge is 0.258 e. The van der Waals surface area contributed by atoms with Gasteiger partial charge in [0.15, 0.2) is 0 Å². The first-order chi connectivity index (χ1) is 5.54. The Morgan fingerprint density at radius 2 is 1.75 bits per heavy atom. The lowest BCUT2D eigenvalue weighted by Gasteiger charge is -2.03. The van der Waals surface area contributed by atoms with Gasteiger partial charge in [0.25, 0.3) is 5.69 Å². The Hall–Kier alpha value is -1.38. The highest BCUT2D eigenvalue weighted by Gasteiger charge is 2.12. The predicted molar refractivity (Wildman–Crippen MR) is 47.3 cm³/mol. The third kappa shape index (κ3) is 1.30. The summed E-state index contributed by atoms with van der Waals surface area (Å²) in [6.07, 6.45) is 0. The van der Waals surface area contributed by atoms with E-state index in [-0.39, 0.29) is 10.6 Å². The predicted octanol–water partition coefficient (Wildman–Crippen LogP) is 2.52. The highest BCUT2D eigenvalue weighted by atomic mass is 16.6. The molecule has 3 nitrogen and oxygen atoms in total. The van der Waals surface area contributed by atoms with E-state index in [0.29, 0.717) is 0 Å². The third-order valence-electron chi connectivity index (χ3n) is 2.23. The number of aryl methyl sites for hydroxylation is 1. The molecule has 0 saturated heterocycles. The Kier molecular flexibility index (Phi) is 2.13. The Balaban J connectivity index is 3.36. The van der Waals surface area contributed by atoms with E-state index < -0.39 is 0 Å². The van der Waals surface area contributed by atoms with Gasteiger partial charge in [-0.2, -0.15) is 0 Å². The molecule has 1 rings (SSSR count). The fraction of sp³-hybridized carbons (Fsp3) is 0.333. The molecule has 0 fully saturated rings. The maximum atomic E-state index is 10.5. The van der Waals surface area contributed by atoms with E-state index in [4.69, 9.17) is 0 Å². The quantitative estimate of drug-likeness (QED) is 0.474. The van der Waals surface area contributed by atoms with Gasteiger partial charge in [0, 0.05) is 11.6 Å². The first kappa shape index (κ1) is 8.71. The van der Waals surface area contributed by atoms with Crippen LogP contribution in [0.1, 0.15) is 16.7 Å². The van der Waals surface area contributed by atoms with Crippen molar-refractivity contribution in [2.45, 2.75) is 20.8 Å². The van der Waals surface area contributed by atoms with E-state index in [1.165, 1.54) is 0 Å². The number of hydrogen-bond acceptors (Lipinski definition) is 2. The summed E-state index contributed by atoms with van der Waals surface area (Å²) < 4.78 is 0. The van der Waals surface area contributed by atoms with Crippen LogP contribution in [0.4, 0.5) is 5.69 Å². The van der Waals surface area contributed by atoms with E-state index in [1.807, 2.05) is 13.8 Å². The van der Waals surface area contributed by atoms with Gasteiger partial charge in [0.2, 0.25) is 0 Å². The van der Waals surface area contributed by atoms with Gasteiger partial charge in [-0.1, -0.05) is 6.07 Å². The molecule has 0 aliphatic carbocycles. The standard InChI is InChI=1S/C9H11NO2/c1-6-4-5-9(10(11)12)8(3)7(6)2/h4-5H,1-3H3. The van der Waals surface area contributed by atoms with E-state index in [2.05, 4.69) is 0 Å². The molecule has 0 amide bonds. The van der Waals surface area contributed by atoms with E-state index >= 15 is 0 Å². The molecule has 0 heterocycles. The van der Waals surface area contributed by atoms with Gasteiger partial charge in [0.05, 0.1) is 4.92 Å². The average molecular weight is 165 g/mol. The SMILES string of the molecule is Cc1ccc([N+](=O)[O-])c(C)c1C. The summed E-state index contributed by atoms with van der Waals surface area (Å²) in [5.41, 5.74) is 3.07. The van der Waals surface area contributed by atoms with Crippen molar-refractivity contribution in [2.24, 2.45) is 0 Å². The Morgan fingerprint density at radius 1 is 1.17 bits per heavy atom. The van der Waals surface area contributed by atoms with Crippen molar-refractivity contribution in [3.05, 3.63) is 38.9 Å². The van der Waals surface area contributed by atoms with E-state index in [9.17, 15) is 10.1 Å². The van der Waals surface area contributed by atoms with Crippen molar-refractivity contribution >= 4 is 5.69 Å². The minimum Gasteiger partial charge on any atom is -0.258 e. The Labute approximate surface area is 71.2 Å². The van der Waals surface area contributed by atoms with Crippen LogP contribution in [0.15, 0.2) is 12.1 Å². The normalized spacial score (nSPS) is 9.92. The summed E-state index contributed by atoms with van der Waals surface area (Å²) in [5.74, 6) is 0. The topological polar surface area (TPSA) is 43.1 Å². The zero-order valence-electron chi connectivity index (χ0n) is 7.42. The van der Waals surface area contributed by atoms with Crippen LogP contribution in [0, 0.1) is 30.9 Å². The first-order valence-corrected chi connectivity index (χ1v) is 3.75. The third-order valence-corrected chi connectivity index (χ3v) is 2.23. The van der Waals surface area contributed by atoms with Crippen LogP contribution in [0.5, 0.6) is 0 Å². The van der Waals surface area contributed by atoms with Gasteiger partial charge < -0.3 is 0 Å². The molecule has 0 bridgehead atoms. The molecule has 3 heteroatoms. The van der Waals surface area contributed by atoms with Crippen LogP contribution < -0.4 is 0 Å². The Bertz CT molecular complexity index is 332. The summed E-state index contributed by atoms with van der Waals surface area (Å²) in [4.78, 5) is 10.1. The van der Waals surface area contributed by atoms with Crippen molar-refractivity contribution in [2.75, 3.05) is 0 Å². The molecule has 0 atom stereocenters. The van der Waals surface area contributed by atoms with Crippen LogP contribution >= 0.6 is 0 Å². The van der Waals surface area contributed by atoms with Gasteiger partial charge in [0.1, 0.15) is 0 Å². The average Bonchev–Trinajstić information content (AvgIpc) is 2.00.